The fraction of sp³-hybridized carbons (Fsp3) is 0.111. The van der Waals surface area contributed by atoms with Crippen LogP contribution in [0.25, 0.3) is 16.9 Å². The normalized spacial score (nSPS) is 11.3. The van der Waals surface area contributed by atoms with E-state index in [0.717, 1.165) is 6.26 Å². The Hall–Kier alpha value is -2.64. The van der Waals surface area contributed by atoms with Gasteiger partial charge in [-0.25, -0.2) is 17.9 Å². The average Bonchev–Trinajstić information content (AvgIpc) is 3.06. The molecule has 0 amide bonds. The van der Waals surface area contributed by atoms with Gasteiger partial charge in [-0.1, -0.05) is 23.7 Å². The predicted octanol–water partition coefficient (Wildman–Crippen LogP) is 3.38. The zero-order chi connectivity index (χ0) is 18.9. The highest BCUT2D eigenvalue weighted by Crippen LogP contribution is 2.26. The molecule has 2 aromatic carbocycles. The van der Waals surface area contributed by atoms with Crippen molar-refractivity contribution >= 4 is 27.4 Å². The minimum atomic E-state index is -3.29. The number of benzene rings is 2. The lowest BCUT2D eigenvalue weighted by Gasteiger charge is -2.08. The maximum absolute atomic E-state index is 11.9. The number of hydrogen-bond acceptors (Lipinski definition) is 5. The minimum absolute atomic E-state index is 0.143. The van der Waals surface area contributed by atoms with E-state index in [1.54, 1.807) is 47.1 Å². The number of ether oxygens (including phenoxy) is 1. The number of nitrogens with zero attached hydrogens (tertiary/aromatic N) is 2. The van der Waals surface area contributed by atoms with Gasteiger partial charge in [0.2, 0.25) is 0 Å². The highest BCUT2D eigenvalue weighted by atomic mass is 35.5. The number of aromatic nitrogens is 2. The number of carbonyl (C=O) groups is 1. The summed E-state index contributed by atoms with van der Waals surface area (Å²) in [5.41, 5.74) is 2.17. The molecule has 0 aliphatic heterocycles. The van der Waals surface area contributed by atoms with Crippen LogP contribution in [0.3, 0.4) is 0 Å². The highest BCUT2D eigenvalue weighted by molar-refractivity contribution is 7.90. The molecule has 0 saturated heterocycles. The zero-order valence-corrected chi connectivity index (χ0v) is 15.6. The third-order valence-electron chi connectivity index (χ3n) is 3.75. The molecule has 0 aliphatic rings. The molecule has 3 rings (SSSR count). The molecule has 6 nitrogen and oxygen atoms in total. The zero-order valence-electron chi connectivity index (χ0n) is 14.0. The second-order valence-electron chi connectivity index (χ2n) is 5.59. The second-order valence-corrected chi connectivity index (χ2v) is 8.04. The molecule has 0 aliphatic carbocycles. The Balaban J connectivity index is 2.14. The molecule has 8 heteroatoms. The molecule has 0 radical (unpaired) electrons. The number of esters is 1. The van der Waals surface area contributed by atoms with Crippen LogP contribution in [0, 0.1) is 0 Å². The summed E-state index contributed by atoms with van der Waals surface area (Å²) in [6.07, 6.45) is 1.15. The smallest absolute Gasteiger partial charge is 0.358 e. The summed E-state index contributed by atoms with van der Waals surface area (Å²) >= 11 is 5.93. The van der Waals surface area contributed by atoms with Gasteiger partial charge in [0.1, 0.15) is 0 Å². The molecule has 3 aromatic rings. The summed E-state index contributed by atoms with van der Waals surface area (Å²) in [7, 11) is -2.01. The maximum atomic E-state index is 11.9. The molecule has 1 heterocycles. The molecule has 26 heavy (non-hydrogen) atoms. The van der Waals surface area contributed by atoms with Crippen molar-refractivity contribution in [1.82, 2.24) is 9.78 Å². The van der Waals surface area contributed by atoms with Gasteiger partial charge in [0.05, 0.1) is 23.4 Å². The lowest BCUT2D eigenvalue weighted by atomic mass is 10.1. The van der Waals surface area contributed by atoms with Crippen molar-refractivity contribution in [3.05, 3.63) is 65.3 Å². The fourth-order valence-corrected chi connectivity index (χ4v) is 3.20. The molecule has 1 aromatic heterocycles. The molecule has 0 atom stereocenters. The lowest BCUT2D eigenvalue weighted by Crippen LogP contribution is -2.04. The molecule has 0 bridgehead atoms. The van der Waals surface area contributed by atoms with Crippen LogP contribution >= 0.6 is 11.6 Å². The fourth-order valence-electron chi connectivity index (χ4n) is 2.44. The quantitative estimate of drug-likeness (QED) is 0.638. The van der Waals surface area contributed by atoms with Crippen molar-refractivity contribution in [1.29, 1.82) is 0 Å². The molecule has 134 valence electrons. The van der Waals surface area contributed by atoms with Gasteiger partial charge in [0.15, 0.2) is 15.5 Å². The first-order valence-corrected chi connectivity index (χ1v) is 9.81. The Morgan fingerprint density at radius 1 is 1.08 bits per heavy atom. The first-order valence-electron chi connectivity index (χ1n) is 7.54. The summed E-state index contributed by atoms with van der Waals surface area (Å²) in [6.45, 7) is 0. The Kier molecular flexibility index (Phi) is 4.84. The molecular weight excluding hydrogens is 376 g/mol. The number of carbonyl (C=O) groups excluding carboxylic acids is 1. The minimum Gasteiger partial charge on any atom is -0.464 e. The number of hydrogen-bond donors (Lipinski definition) is 0. The van der Waals surface area contributed by atoms with Crippen molar-refractivity contribution < 1.29 is 17.9 Å². The van der Waals surface area contributed by atoms with Gasteiger partial charge < -0.3 is 4.74 Å². The van der Waals surface area contributed by atoms with E-state index in [1.807, 2.05) is 0 Å². The van der Waals surface area contributed by atoms with E-state index in [9.17, 15) is 13.2 Å². The van der Waals surface area contributed by atoms with Gasteiger partial charge in [-0.15, -0.1) is 0 Å². The third kappa shape index (κ3) is 3.63. The largest absolute Gasteiger partial charge is 0.464 e. The van der Waals surface area contributed by atoms with Gasteiger partial charge in [-0.05, 0) is 42.5 Å². The van der Waals surface area contributed by atoms with Crippen molar-refractivity contribution in [3.8, 4) is 16.9 Å². The Labute approximate surface area is 155 Å². The van der Waals surface area contributed by atoms with Crippen LogP contribution in [0.5, 0.6) is 0 Å². The first kappa shape index (κ1) is 18.2. The van der Waals surface area contributed by atoms with Crippen LogP contribution in [0.4, 0.5) is 0 Å². The number of halogens is 1. The maximum Gasteiger partial charge on any atom is 0.358 e. The van der Waals surface area contributed by atoms with Gasteiger partial charge >= 0.3 is 5.97 Å². The summed E-state index contributed by atoms with van der Waals surface area (Å²) in [4.78, 5) is 12.1. The van der Waals surface area contributed by atoms with Crippen molar-refractivity contribution in [2.75, 3.05) is 13.4 Å². The standard InChI is InChI=1S/C18H15ClN2O4S/c1-25-18(22)16-11-17(12-3-9-15(10-4-12)26(2,23)24)21(20-16)14-7-5-13(19)6-8-14/h3-11H,1-2H3. The number of methoxy groups -OCH3 is 1. The highest BCUT2D eigenvalue weighted by Gasteiger charge is 2.17. The molecule has 0 saturated carbocycles. The predicted molar refractivity (Wildman–Crippen MR) is 98.5 cm³/mol. The van der Waals surface area contributed by atoms with E-state index in [2.05, 4.69) is 5.10 Å². The summed E-state index contributed by atoms with van der Waals surface area (Å²) < 4.78 is 29.6. The van der Waals surface area contributed by atoms with Crippen LogP contribution in [0.2, 0.25) is 5.02 Å². The monoisotopic (exact) mass is 390 g/mol. The topological polar surface area (TPSA) is 78.3 Å². The average molecular weight is 391 g/mol. The molecular formula is C18H15ClN2O4S. The number of rotatable bonds is 4. The van der Waals surface area contributed by atoms with E-state index in [4.69, 9.17) is 16.3 Å². The van der Waals surface area contributed by atoms with Crippen LogP contribution in [0.15, 0.2) is 59.5 Å². The van der Waals surface area contributed by atoms with Crippen LogP contribution in [-0.2, 0) is 14.6 Å². The Bertz CT molecular complexity index is 1060. The van der Waals surface area contributed by atoms with Crippen LogP contribution in [0.1, 0.15) is 10.5 Å². The summed E-state index contributed by atoms with van der Waals surface area (Å²) in [5, 5.41) is 4.89. The van der Waals surface area contributed by atoms with E-state index >= 15 is 0 Å². The van der Waals surface area contributed by atoms with E-state index in [-0.39, 0.29) is 10.6 Å². The Morgan fingerprint density at radius 2 is 1.69 bits per heavy atom. The van der Waals surface area contributed by atoms with E-state index in [1.165, 1.54) is 19.2 Å². The Morgan fingerprint density at radius 3 is 2.23 bits per heavy atom. The second kappa shape index (κ2) is 6.93. The van der Waals surface area contributed by atoms with Gasteiger partial charge in [0.25, 0.3) is 0 Å². The SMILES string of the molecule is COC(=O)c1cc(-c2ccc(S(C)(=O)=O)cc2)n(-c2ccc(Cl)cc2)n1. The lowest BCUT2D eigenvalue weighted by molar-refractivity contribution is 0.0593. The van der Waals surface area contributed by atoms with Crippen molar-refractivity contribution in [2.24, 2.45) is 0 Å². The van der Waals surface area contributed by atoms with E-state index < -0.39 is 15.8 Å². The van der Waals surface area contributed by atoms with Crippen LogP contribution in [-0.4, -0.2) is 37.5 Å². The molecule has 0 unspecified atom stereocenters. The van der Waals surface area contributed by atoms with Gasteiger partial charge in [-0.2, -0.15) is 5.10 Å². The third-order valence-corrected chi connectivity index (χ3v) is 5.13. The number of sulfone groups is 1. The van der Waals surface area contributed by atoms with Crippen LogP contribution < -0.4 is 0 Å². The first-order chi connectivity index (χ1) is 12.3. The molecule has 0 spiro atoms. The van der Waals surface area contributed by atoms with Crippen molar-refractivity contribution in [3.63, 3.8) is 0 Å². The van der Waals surface area contributed by atoms with Crippen molar-refractivity contribution in [2.45, 2.75) is 4.90 Å². The van der Waals surface area contributed by atoms with Gasteiger partial charge in [0, 0.05) is 16.8 Å². The molecule has 0 N–H and O–H groups in total. The molecule has 0 fully saturated rings. The van der Waals surface area contributed by atoms with Gasteiger partial charge in [-0.3, -0.25) is 0 Å². The summed E-state index contributed by atoms with van der Waals surface area (Å²) in [5.74, 6) is -0.563. The van der Waals surface area contributed by atoms with E-state index in [0.29, 0.717) is 22.0 Å². The summed E-state index contributed by atoms with van der Waals surface area (Å²) in [6, 6.07) is 14.9.